The zero-order chi connectivity index (χ0) is 13.1. The SMILES string of the molecule is C[C@@H]1CN(C(=O)Nc2ccc(Cl)c(Cl)c2)CCN1. The molecule has 4 nitrogen and oxygen atoms in total. The van der Waals surface area contributed by atoms with Crippen LogP contribution in [0, 0.1) is 0 Å². The Hall–Kier alpha value is -0.970. The Balaban J connectivity index is 2.00. The second-order valence-electron chi connectivity index (χ2n) is 4.36. The Labute approximate surface area is 116 Å². The van der Waals surface area contributed by atoms with Crippen molar-refractivity contribution in [2.45, 2.75) is 13.0 Å². The zero-order valence-corrected chi connectivity index (χ0v) is 11.6. The first kappa shape index (κ1) is 13.5. The molecule has 1 heterocycles. The van der Waals surface area contributed by atoms with Crippen LogP contribution in [0.3, 0.4) is 0 Å². The third-order valence-electron chi connectivity index (χ3n) is 2.83. The molecule has 2 rings (SSSR count). The summed E-state index contributed by atoms with van der Waals surface area (Å²) in [6.45, 7) is 4.28. The first-order valence-corrected chi connectivity index (χ1v) is 6.56. The molecular weight excluding hydrogens is 273 g/mol. The van der Waals surface area contributed by atoms with Gasteiger partial charge in [0.15, 0.2) is 0 Å². The van der Waals surface area contributed by atoms with Crippen molar-refractivity contribution >= 4 is 34.9 Å². The van der Waals surface area contributed by atoms with Gasteiger partial charge in [-0.15, -0.1) is 0 Å². The van der Waals surface area contributed by atoms with E-state index in [1.54, 1.807) is 23.1 Å². The molecule has 0 radical (unpaired) electrons. The predicted molar refractivity (Wildman–Crippen MR) is 74.5 cm³/mol. The van der Waals surface area contributed by atoms with E-state index >= 15 is 0 Å². The molecule has 1 aliphatic heterocycles. The number of carbonyl (C=O) groups excluding carboxylic acids is 1. The largest absolute Gasteiger partial charge is 0.322 e. The van der Waals surface area contributed by atoms with Gasteiger partial charge in [0.1, 0.15) is 0 Å². The van der Waals surface area contributed by atoms with Gasteiger partial charge >= 0.3 is 6.03 Å². The fraction of sp³-hybridized carbons (Fsp3) is 0.417. The van der Waals surface area contributed by atoms with Crippen LogP contribution in [-0.4, -0.2) is 36.6 Å². The van der Waals surface area contributed by atoms with E-state index in [0.717, 1.165) is 6.54 Å². The summed E-state index contributed by atoms with van der Waals surface area (Å²) in [5.74, 6) is 0. The van der Waals surface area contributed by atoms with Crippen molar-refractivity contribution in [3.05, 3.63) is 28.2 Å². The first-order valence-electron chi connectivity index (χ1n) is 5.80. The molecule has 2 N–H and O–H groups in total. The van der Waals surface area contributed by atoms with Gasteiger partial charge in [-0.2, -0.15) is 0 Å². The van der Waals surface area contributed by atoms with Crippen molar-refractivity contribution in [3.63, 3.8) is 0 Å². The van der Waals surface area contributed by atoms with Crippen LogP contribution in [0.15, 0.2) is 18.2 Å². The van der Waals surface area contributed by atoms with Crippen molar-refractivity contribution in [2.24, 2.45) is 0 Å². The fourth-order valence-corrected chi connectivity index (χ4v) is 2.19. The van der Waals surface area contributed by atoms with Crippen LogP contribution in [0.25, 0.3) is 0 Å². The number of nitrogens with one attached hydrogen (secondary N) is 2. The highest BCUT2D eigenvalue weighted by Crippen LogP contribution is 2.25. The van der Waals surface area contributed by atoms with Gasteiger partial charge in [0.25, 0.3) is 0 Å². The molecule has 1 aromatic carbocycles. The lowest BCUT2D eigenvalue weighted by Gasteiger charge is -2.31. The first-order chi connectivity index (χ1) is 8.56. The van der Waals surface area contributed by atoms with Crippen LogP contribution in [0.2, 0.25) is 10.0 Å². The Kier molecular flexibility index (Phi) is 4.32. The molecule has 0 spiro atoms. The molecule has 1 aromatic rings. The number of rotatable bonds is 1. The third-order valence-corrected chi connectivity index (χ3v) is 3.57. The number of hydrogen-bond donors (Lipinski definition) is 2. The van der Waals surface area contributed by atoms with Gasteiger partial charge in [-0.1, -0.05) is 23.2 Å². The van der Waals surface area contributed by atoms with E-state index in [9.17, 15) is 4.79 Å². The third kappa shape index (κ3) is 3.28. The molecule has 1 atom stereocenters. The Morgan fingerprint density at radius 1 is 1.44 bits per heavy atom. The van der Waals surface area contributed by atoms with Crippen LogP contribution >= 0.6 is 23.2 Å². The van der Waals surface area contributed by atoms with Crippen LogP contribution in [0.4, 0.5) is 10.5 Å². The molecule has 0 unspecified atom stereocenters. The van der Waals surface area contributed by atoms with Crippen molar-refractivity contribution in [2.75, 3.05) is 25.0 Å². The summed E-state index contributed by atoms with van der Waals surface area (Å²) < 4.78 is 0. The van der Waals surface area contributed by atoms with Crippen molar-refractivity contribution in [1.29, 1.82) is 0 Å². The minimum absolute atomic E-state index is 0.110. The lowest BCUT2D eigenvalue weighted by molar-refractivity contribution is 0.192. The summed E-state index contributed by atoms with van der Waals surface area (Å²) in [6.07, 6.45) is 0. The van der Waals surface area contributed by atoms with E-state index in [4.69, 9.17) is 23.2 Å². The van der Waals surface area contributed by atoms with Gasteiger partial charge in [0.05, 0.1) is 10.0 Å². The van der Waals surface area contributed by atoms with Crippen molar-refractivity contribution in [3.8, 4) is 0 Å². The second-order valence-corrected chi connectivity index (χ2v) is 5.17. The predicted octanol–water partition coefficient (Wildman–Crippen LogP) is 2.82. The van der Waals surface area contributed by atoms with E-state index in [0.29, 0.717) is 34.9 Å². The van der Waals surface area contributed by atoms with Gasteiger partial charge in [0.2, 0.25) is 0 Å². The molecule has 2 amide bonds. The average molecular weight is 288 g/mol. The number of nitrogens with zero attached hydrogens (tertiary/aromatic N) is 1. The molecule has 6 heteroatoms. The summed E-state index contributed by atoms with van der Waals surface area (Å²) in [5, 5.41) is 7.01. The highest BCUT2D eigenvalue weighted by Gasteiger charge is 2.20. The molecular formula is C12H15Cl2N3O. The van der Waals surface area contributed by atoms with Crippen LogP contribution in [0.5, 0.6) is 0 Å². The summed E-state index contributed by atoms with van der Waals surface area (Å²) in [6, 6.07) is 5.26. The number of benzene rings is 1. The molecule has 1 saturated heterocycles. The summed E-state index contributed by atoms with van der Waals surface area (Å²) >= 11 is 11.7. The number of urea groups is 1. The smallest absolute Gasteiger partial charge is 0.321 e. The number of carbonyl (C=O) groups is 1. The van der Waals surface area contributed by atoms with Crippen LogP contribution in [-0.2, 0) is 0 Å². The molecule has 1 aliphatic rings. The van der Waals surface area contributed by atoms with Crippen molar-refractivity contribution in [1.82, 2.24) is 10.2 Å². The number of halogens is 2. The number of amides is 2. The lowest BCUT2D eigenvalue weighted by Crippen LogP contribution is -2.52. The molecule has 0 aromatic heterocycles. The standard InChI is InChI=1S/C12H15Cl2N3O/c1-8-7-17(5-4-15-8)12(18)16-9-2-3-10(13)11(14)6-9/h2-3,6,8,15H,4-5,7H2,1H3,(H,16,18)/t8-/m1/s1. The molecule has 18 heavy (non-hydrogen) atoms. The normalized spacial score (nSPS) is 19.7. The highest BCUT2D eigenvalue weighted by atomic mass is 35.5. The van der Waals surface area contributed by atoms with E-state index in [1.807, 2.05) is 0 Å². The molecule has 0 saturated carbocycles. The minimum atomic E-state index is -0.110. The van der Waals surface area contributed by atoms with Gasteiger partial charge < -0.3 is 15.5 Å². The maximum atomic E-state index is 12.0. The maximum Gasteiger partial charge on any atom is 0.321 e. The van der Waals surface area contributed by atoms with E-state index in [1.165, 1.54) is 0 Å². The van der Waals surface area contributed by atoms with Gasteiger partial charge in [0, 0.05) is 31.4 Å². The average Bonchev–Trinajstić information content (AvgIpc) is 2.34. The highest BCUT2D eigenvalue weighted by molar-refractivity contribution is 6.42. The minimum Gasteiger partial charge on any atom is -0.322 e. The van der Waals surface area contributed by atoms with Crippen molar-refractivity contribution < 1.29 is 4.79 Å². The number of hydrogen-bond acceptors (Lipinski definition) is 2. The fourth-order valence-electron chi connectivity index (χ4n) is 1.89. The maximum absolute atomic E-state index is 12.0. The van der Waals surface area contributed by atoms with Gasteiger partial charge in [-0.25, -0.2) is 4.79 Å². The van der Waals surface area contributed by atoms with Gasteiger partial charge in [-0.3, -0.25) is 0 Å². The van der Waals surface area contributed by atoms with Crippen LogP contribution < -0.4 is 10.6 Å². The number of anilines is 1. The molecule has 0 bridgehead atoms. The Bertz CT molecular complexity index is 453. The second kappa shape index (κ2) is 5.78. The lowest BCUT2D eigenvalue weighted by atomic mass is 10.2. The number of piperazine rings is 1. The summed E-state index contributed by atoms with van der Waals surface area (Å²) in [5.41, 5.74) is 0.653. The Morgan fingerprint density at radius 2 is 2.22 bits per heavy atom. The summed E-state index contributed by atoms with van der Waals surface area (Å²) in [7, 11) is 0. The quantitative estimate of drug-likeness (QED) is 0.834. The zero-order valence-electron chi connectivity index (χ0n) is 10.0. The summed E-state index contributed by atoms with van der Waals surface area (Å²) in [4.78, 5) is 13.8. The monoisotopic (exact) mass is 287 g/mol. The van der Waals surface area contributed by atoms with Crippen LogP contribution in [0.1, 0.15) is 6.92 Å². The molecule has 98 valence electrons. The van der Waals surface area contributed by atoms with E-state index in [2.05, 4.69) is 17.6 Å². The van der Waals surface area contributed by atoms with E-state index < -0.39 is 0 Å². The molecule has 1 fully saturated rings. The molecule has 0 aliphatic carbocycles. The topological polar surface area (TPSA) is 44.4 Å². The Morgan fingerprint density at radius 3 is 2.89 bits per heavy atom. The van der Waals surface area contributed by atoms with Gasteiger partial charge in [-0.05, 0) is 25.1 Å². The van der Waals surface area contributed by atoms with E-state index in [-0.39, 0.29) is 6.03 Å².